The van der Waals surface area contributed by atoms with Crippen molar-refractivity contribution in [3.8, 4) is 16.9 Å². The molecule has 0 bridgehead atoms. The molecule has 0 atom stereocenters. The minimum Gasteiger partial charge on any atom is -0.378 e. The van der Waals surface area contributed by atoms with Gasteiger partial charge < -0.3 is 9.64 Å². The van der Waals surface area contributed by atoms with Crippen LogP contribution >= 0.6 is 0 Å². The maximum atomic E-state index is 15.0. The zero-order valence-corrected chi connectivity index (χ0v) is 17.3. The smallest absolute Gasteiger partial charge is 0.165 e. The molecule has 1 saturated carbocycles. The van der Waals surface area contributed by atoms with E-state index in [1.54, 1.807) is 6.07 Å². The predicted octanol–water partition coefficient (Wildman–Crippen LogP) is 3.90. The number of ether oxygens (including phenoxy) is 1. The second-order valence-electron chi connectivity index (χ2n) is 8.21. The van der Waals surface area contributed by atoms with Crippen LogP contribution in [0.3, 0.4) is 0 Å². The van der Waals surface area contributed by atoms with Crippen LogP contribution in [0.25, 0.3) is 28.1 Å². The number of morpholine rings is 1. The Morgan fingerprint density at radius 3 is 2.68 bits per heavy atom. The lowest BCUT2D eigenvalue weighted by Crippen LogP contribution is -2.36. The molecule has 0 amide bonds. The molecule has 4 aromatic rings. The second kappa shape index (κ2) is 7.16. The molecule has 2 aliphatic rings. The fraction of sp³-hybridized carbons (Fsp3) is 0.348. The van der Waals surface area contributed by atoms with Gasteiger partial charge in [-0.15, -0.1) is 0 Å². The van der Waals surface area contributed by atoms with Crippen molar-refractivity contribution in [3.05, 3.63) is 54.4 Å². The molecule has 3 aromatic heterocycles. The number of anilines is 1. The van der Waals surface area contributed by atoms with E-state index < -0.39 is 0 Å². The average Bonchev–Trinajstić information content (AvgIpc) is 3.42. The van der Waals surface area contributed by atoms with E-state index in [1.807, 2.05) is 51.5 Å². The Morgan fingerprint density at radius 1 is 1.06 bits per heavy atom. The molecule has 1 aromatic carbocycles. The van der Waals surface area contributed by atoms with Crippen molar-refractivity contribution in [2.45, 2.75) is 25.8 Å². The van der Waals surface area contributed by atoms with Crippen molar-refractivity contribution in [1.82, 2.24) is 24.3 Å². The van der Waals surface area contributed by atoms with Gasteiger partial charge in [-0.05, 0) is 44.0 Å². The Bertz CT molecular complexity index is 1270. The van der Waals surface area contributed by atoms with Gasteiger partial charge in [-0.25, -0.2) is 14.4 Å². The SMILES string of the molecule is Cc1nc2ccc(-c3cnn(C4CC4)c3)nc2n1-c1ccc(N2CCOCC2)c(F)c1. The third-order valence-corrected chi connectivity index (χ3v) is 6.03. The van der Waals surface area contributed by atoms with Crippen LogP contribution in [0.4, 0.5) is 10.1 Å². The minimum atomic E-state index is -0.248. The van der Waals surface area contributed by atoms with Gasteiger partial charge in [0, 0.05) is 30.9 Å². The molecular formula is C23H23FN6O. The molecule has 8 heteroatoms. The molecule has 1 aliphatic heterocycles. The lowest BCUT2D eigenvalue weighted by molar-refractivity contribution is 0.122. The molecule has 0 spiro atoms. The van der Waals surface area contributed by atoms with Crippen molar-refractivity contribution in [3.63, 3.8) is 0 Å². The lowest BCUT2D eigenvalue weighted by Gasteiger charge is -2.29. The monoisotopic (exact) mass is 418 g/mol. The van der Waals surface area contributed by atoms with Gasteiger partial charge >= 0.3 is 0 Å². The van der Waals surface area contributed by atoms with Gasteiger partial charge in [0.25, 0.3) is 0 Å². The largest absolute Gasteiger partial charge is 0.378 e. The normalized spacial score (nSPS) is 16.9. The topological polar surface area (TPSA) is 61.0 Å². The van der Waals surface area contributed by atoms with Crippen LogP contribution in [-0.4, -0.2) is 50.6 Å². The fourth-order valence-electron chi connectivity index (χ4n) is 4.25. The number of aromatic nitrogens is 5. The third-order valence-electron chi connectivity index (χ3n) is 6.03. The van der Waals surface area contributed by atoms with Crippen molar-refractivity contribution < 1.29 is 9.13 Å². The molecule has 158 valence electrons. The maximum absolute atomic E-state index is 15.0. The molecule has 0 radical (unpaired) electrons. The van der Waals surface area contributed by atoms with Gasteiger partial charge in [0.1, 0.15) is 17.2 Å². The molecular weight excluding hydrogens is 395 g/mol. The maximum Gasteiger partial charge on any atom is 0.165 e. The standard InChI is InChI=1S/C23H23FN6O/c1-15-26-21-6-5-20(16-13-25-29(14-16)17-2-3-17)27-23(21)30(15)18-4-7-22(19(24)12-18)28-8-10-31-11-9-28/h4-7,12-14,17H,2-3,8-11H2,1H3. The molecule has 0 N–H and O–H groups in total. The summed E-state index contributed by atoms with van der Waals surface area (Å²) < 4.78 is 24.4. The summed E-state index contributed by atoms with van der Waals surface area (Å²) >= 11 is 0. The van der Waals surface area contributed by atoms with Crippen LogP contribution in [-0.2, 0) is 4.74 Å². The van der Waals surface area contributed by atoms with E-state index in [9.17, 15) is 0 Å². The van der Waals surface area contributed by atoms with Crippen LogP contribution in [0.1, 0.15) is 24.7 Å². The summed E-state index contributed by atoms with van der Waals surface area (Å²) in [6.45, 7) is 4.55. The fourth-order valence-corrected chi connectivity index (χ4v) is 4.25. The summed E-state index contributed by atoms with van der Waals surface area (Å²) in [7, 11) is 0. The zero-order valence-electron chi connectivity index (χ0n) is 17.3. The van der Waals surface area contributed by atoms with Crippen LogP contribution in [0.5, 0.6) is 0 Å². The highest BCUT2D eigenvalue weighted by Crippen LogP contribution is 2.35. The summed E-state index contributed by atoms with van der Waals surface area (Å²) in [4.78, 5) is 11.5. The Balaban J connectivity index is 1.40. The van der Waals surface area contributed by atoms with E-state index in [0.29, 0.717) is 49.4 Å². The Labute approximate surface area is 179 Å². The quantitative estimate of drug-likeness (QED) is 0.503. The molecule has 1 aliphatic carbocycles. The van der Waals surface area contributed by atoms with Crippen molar-refractivity contribution in [1.29, 1.82) is 0 Å². The van der Waals surface area contributed by atoms with Crippen molar-refractivity contribution in [2.75, 3.05) is 31.2 Å². The molecule has 0 unspecified atom stereocenters. The summed E-state index contributed by atoms with van der Waals surface area (Å²) in [5, 5.41) is 4.48. The number of hydrogen-bond acceptors (Lipinski definition) is 5. The van der Waals surface area contributed by atoms with Gasteiger partial charge in [-0.2, -0.15) is 5.10 Å². The van der Waals surface area contributed by atoms with Gasteiger partial charge in [0.15, 0.2) is 5.65 Å². The number of halogens is 1. The van der Waals surface area contributed by atoms with Crippen LogP contribution in [0.2, 0.25) is 0 Å². The van der Waals surface area contributed by atoms with E-state index in [-0.39, 0.29) is 5.82 Å². The van der Waals surface area contributed by atoms with Gasteiger partial charge in [0.05, 0.1) is 42.5 Å². The van der Waals surface area contributed by atoms with Crippen LogP contribution < -0.4 is 4.90 Å². The number of imidazole rings is 1. The Morgan fingerprint density at radius 2 is 1.90 bits per heavy atom. The van der Waals surface area contributed by atoms with E-state index >= 15 is 4.39 Å². The summed E-state index contributed by atoms with van der Waals surface area (Å²) in [6, 6.07) is 9.80. The first-order valence-corrected chi connectivity index (χ1v) is 10.7. The highest BCUT2D eigenvalue weighted by molar-refractivity contribution is 5.78. The molecule has 7 nitrogen and oxygen atoms in total. The lowest BCUT2D eigenvalue weighted by atomic mass is 10.2. The summed E-state index contributed by atoms with van der Waals surface area (Å²) in [6.07, 6.45) is 6.28. The number of benzene rings is 1. The molecule has 1 saturated heterocycles. The number of hydrogen-bond donors (Lipinski definition) is 0. The number of fused-ring (bicyclic) bond motifs is 1. The highest BCUT2D eigenvalue weighted by atomic mass is 19.1. The third kappa shape index (κ3) is 3.27. The first-order valence-electron chi connectivity index (χ1n) is 10.7. The molecule has 31 heavy (non-hydrogen) atoms. The Kier molecular flexibility index (Phi) is 4.27. The highest BCUT2D eigenvalue weighted by Gasteiger charge is 2.24. The van der Waals surface area contributed by atoms with Crippen molar-refractivity contribution >= 4 is 16.9 Å². The predicted molar refractivity (Wildman–Crippen MR) is 116 cm³/mol. The first-order chi connectivity index (χ1) is 15.2. The van der Waals surface area contributed by atoms with Crippen LogP contribution in [0.15, 0.2) is 42.7 Å². The summed E-state index contributed by atoms with van der Waals surface area (Å²) in [5.41, 5.74) is 4.64. The van der Waals surface area contributed by atoms with E-state index in [4.69, 9.17) is 9.72 Å². The van der Waals surface area contributed by atoms with Gasteiger partial charge in [-0.3, -0.25) is 9.25 Å². The van der Waals surface area contributed by atoms with Gasteiger partial charge in [-0.1, -0.05) is 0 Å². The average molecular weight is 418 g/mol. The van der Waals surface area contributed by atoms with Gasteiger partial charge in [0.2, 0.25) is 0 Å². The second-order valence-corrected chi connectivity index (χ2v) is 8.21. The Hall–Kier alpha value is -3.26. The number of pyridine rings is 1. The van der Waals surface area contributed by atoms with E-state index in [1.165, 1.54) is 12.8 Å². The number of aryl methyl sites for hydroxylation is 1. The zero-order chi connectivity index (χ0) is 20.9. The first kappa shape index (κ1) is 18.5. The molecule has 4 heterocycles. The molecule has 6 rings (SSSR count). The van der Waals surface area contributed by atoms with E-state index in [2.05, 4.69) is 16.3 Å². The van der Waals surface area contributed by atoms with E-state index in [0.717, 1.165) is 22.6 Å². The minimum absolute atomic E-state index is 0.248. The van der Waals surface area contributed by atoms with Crippen LogP contribution in [0, 0.1) is 12.7 Å². The number of rotatable bonds is 4. The molecule has 2 fully saturated rings. The number of nitrogens with zero attached hydrogens (tertiary/aromatic N) is 6. The van der Waals surface area contributed by atoms with Crippen molar-refractivity contribution in [2.24, 2.45) is 0 Å². The summed E-state index contributed by atoms with van der Waals surface area (Å²) in [5.74, 6) is 0.523.